The van der Waals surface area contributed by atoms with Crippen LogP contribution in [0.1, 0.15) is 46.0 Å². The quantitative estimate of drug-likeness (QED) is 0.835. The normalized spacial score (nSPS) is 31.2. The van der Waals surface area contributed by atoms with Crippen molar-refractivity contribution in [1.82, 2.24) is 0 Å². The fourth-order valence-corrected chi connectivity index (χ4v) is 2.63. The van der Waals surface area contributed by atoms with Crippen LogP contribution in [0.3, 0.4) is 0 Å². The minimum atomic E-state index is -0.207. The van der Waals surface area contributed by atoms with Gasteiger partial charge in [-0.1, -0.05) is 6.92 Å². The minimum Gasteiger partial charge on any atom is -0.381 e. The maximum atomic E-state index is 6.13. The van der Waals surface area contributed by atoms with Crippen LogP contribution in [0.2, 0.25) is 0 Å². The molecule has 0 aliphatic carbocycles. The molecule has 2 aliphatic heterocycles. The first-order valence-corrected chi connectivity index (χ1v) is 7.17. The zero-order chi connectivity index (χ0) is 13.1. The molecule has 18 heavy (non-hydrogen) atoms. The Morgan fingerprint density at radius 3 is 2.72 bits per heavy atom. The highest BCUT2D eigenvalue weighted by Crippen LogP contribution is 2.35. The zero-order valence-corrected chi connectivity index (χ0v) is 11.7. The van der Waals surface area contributed by atoms with Gasteiger partial charge in [-0.2, -0.15) is 0 Å². The van der Waals surface area contributed by atoms with E-state index in [4.69, 9.17) is 19.9 Å². The summed E-state index contributed by atoms with van der Waals surface area (Å²) in [6.07, 6.45) is 5.22. The van der Waals surface area contributed by atoms with Crippen molar-refractivity contribution in [1.29, 1.82) is 0 Å². The maximum Gasteiger partial charge on any atom is 0.0751 e. The summed E-state index contributed by atoms with van der Waals surface area (Å²) in [4.78, 5) is 0. The molecule has 2 saturated heterocycles. The Bertz CT molecular complexity index is 256. The maximum absolute atomic E-state index is 6.13. The van der Waals surface area contributed by atoms with Gasteiger partial charge in [0.15, 0.2) is 0 Å². The molecule has 1 spiro atoms. The van der Waals surface area contributed by atoms with Crippen LogP contribution in [0.5, 0.6) is 0 Å². The molecule has 0 radical (unpaired) electrons. The molecule has 2 aliphatic rings. The van der Waals surface area contributed by atoms with Crippen LogP contribution >= 0.6 is 0 Å². The summed E-state index contributed by atoms with van der Waals surface area (Å²) >= 11 is 0. The molecule has 4 heteroatoms. The van der Waals surface area contributed by atoms with Gasteiger partial charge in [-0.3, -0.25) is 0 Å². The Morgan fingerprint density at radius 1 is 1.33 bits per heavy atom. The van der Waals surface area contributed by atoms with Crippen molar-refractivity contribution in [3.63, 3.8) is 0 Å². The lowest BCUT2D eigenvalue weighted by Gasteiger charge is -2.43. The van der Waals surface area contributed by atoms with E-state index in [9.17, 15) is 0 Å². The molecule has 0 aromatic heterocycles. The predicted molar refractivity (Wildman–Crippen MR) is 70.6 cm³/mol. The van der Waals surface area contributed by atoms with Gasteiger partial charge in [-0.25, -0.2) is 0 Å². The summed E-state index contributed by atoms with van der Waals surface area (Å²) in [6, 6.07) is 0. The molecule has 0 aromatic carbocycles. The third kappa shape index (κ3) is 3.67. The van der Waals surface area contributed by atoms with Crippen molar-refractivity contribution in [2.24, 2.45) is 5.73 Å². The Kier molecular flexibility index (Phi) is 4.64. The number of ether oxygens (including phenoxy) is 3. The first-order chi connectivity index (χ1) is 8.55. The van der Waals surface area contributed by atoms with Gasteiger partial charge in [0.25, 0.3) is 0 Å². The first kappa shape index (κ1) is 14.3. The number of hydrogen-bond donors (Lipinski definition) is 1. The van der Waals surface area contributed by atoms with Gasteiger partial charge in [0.2, 0.25) is 0 Å². The lowest BCUT2D eigenvalue weighted by Crippen LogP contribution is -2.48. The molecule has 0 bridgehead atoms. The van der Waals surface area contributed by atoms with E-state index in [0.29, 0.717) is 12.7 Å². The molecule has 0 aromatic rings. The fourth-order valence-electron chi connectivity index (χ4n) is 2.63. The molecular weight excluding hydrogens is 230 g/mol. The topological polar surface area (TPSA) is 53.7 Å². The third-order valence-corrected chi connectivity index (χ3v) is 4.31. The van der Waals surface area contributed by atoms with Crippen LogP contribution in [0.25, 0.3) is 0 Å². The van der Waals surface area contributed by atoms with Gasteiger partial charge in [0.1, 0.15) is 0 Å². The number of nitrogens with two attached hydrogens (primary N) is 1. The lowest BCUT2D eigenvalue weighted by molar-refractivity contribution is -0.171. The van der Waals surface area contributed by atoms with E-state index in [0.717, 1.165) is 51.9 Å². The largest absolute Gasteiger partial charge is 0.381 e. The molecule has 2 rings (SSSR count). The third-order valence-electron chi connectivity index (χ3n) is 4.31. The van der Waals surface area contributed by atoms with E-state index in [-0.39, 0.29) is 11.1 Å². The molecule has 106 valence electrons. The molecule has 0 amide bonds. The Hall–Kier alpha value is -0.160. The second-order valence-electron chi connectivity index (χ2n) is 6.08. The second-order valence-corrected chi connectivity index (χ2v) is 6.08. The molecule has 4 nitrogen and oxygen atoms in total. The van der Waals surface area contributed by atoms with Gasteiger partial charge >= 0.3 is 0 Å². The molecular formula is C14H27NO3. The SMILES string of the molecule is CCC(C)(N)COC1CCOC2(CCOCC2)C1. The number of rotatable bonds is 4. The van der Waals surface area contributed by atoms with Crippen molar-refractivity contribution in [3.8, 4) is 0 Å². The molecule has 0 saturated carbocycles. The second kappa shape index (κ2) is 5.87. The Labute approximate surface area is 110 Å². The summed E-state index contributed by atoms with van der Waals surface area (Å²) < 4.78 is 17.4. The fraction of sp³-hybridized carbons (Fsp3) is 1.00. The van der Waals surface area contributed by atoms with Gasteiger partial charge in [0, 0.05) is 31.8 Å². The van der Waals surface area contributed by atoms with Crippen molar-refractivity contribution in [3.05, 3.63) is 0 Å². The van der Waals surface area contributed by atoms with E-state index < -0.39 is 0 Å². The summed E-state index contributed by atoms with van der Waals surface area (Å²) in [6.45, 7) is 7.23. The van der Waals surface area contributed by atoms with Crippen LogP contribution in [0.15, 0.2) is 0 Å². The van der Waals surface area contributed by atoms with Crippen LogP contribution in [0.4, 0.5) is 0 Å². The molecule has 2 heterocycles. The first-order valence-electron chi connectivity index (χ1n) is 7.17. The van der Waals surface area contributed by atoms with Crippen LogP contribution in [-0.2, 0) is 14.2 Å². The zero-order valence-electron chi connectivity index (χ0n) is 11.7. The Morgan fingerprint density at radius 2 is 2.06 bits per heavy atom. The summed E-state index contributed by atoms with van der Waals surface area (Å²) in [5.74, 6) is 0. The van der Waals surface area contributed by atoms with E-state index in [2.05, 4.69) is 13.8 Å². The summed E-state index contributed by atoms with van der Waals surface area (Å²) in [5.41, 5.74) is 5.93. The number of hydrogen-bond acceptors (Lipinski definition) is 4. The van der Waals surface area contributed by atoms with Crippen molar-refractivity contribution >= 4 is 0 Å². The lowest BCUT2D eigenvalue weighted by atomic mass is 9.85. The van der Waals surface area contributed by atoms with Crippen LogP contribution < -0.4 is 5.73 Å². The van der Waals surface area contributed by atoms with Gasteiger partial charge in [0.05, 0.1) is 18.3 Å². The predicted octanol–water partition coefficient (Wildman–Crippen LogP) is 1.86. The van der Waals surface area contributed by atoms with E-state index >= 15 is 0 Å². The monoisotopic (exact) mass is 257 g/mol. The van der Waals surface area contributed by atoms with Crippen LogP contribution in [-0.4, -0.2) is 43.7 Å². The highest BCUT2D eigenvalue weighted by atomic mass is 16.5. The van der Waals surface area contributed by atoms with Crippen LogP contribution in [0, 0.1) is 0 Å². The molecule has 2 N–H and O–H groups in total. The van der Waals surface area contributed by atoms with E-state index in [1.165, 1.54) is 0 Å². The standard InChI is InChI=1S/C14H27NO3/c1-3-13(2,15)11-17-12-4-7-18-14(10-12)5-8-16-9-6-14/h12H,3-11,15H2,1-2H3. The molecule has 2 atom stereocenters. The summed E-state index contributed by atoms with van der Waals surface area (Å²) in [5, 5.41) is 0. The van der Waals surface area contributed by atoms with Crippen molar-refractivity contribution in [2.75, 3.05) is 26.4 Å². The minimum absolute atomic E-state index is 0.0123. The molecule has 2 fully saturated rings. The van der Waals surface area contributed by atoms with Gasteiger partial charge in [-0.15, -0.1) is 0 Å². The average molecular weight is 257 g/mol. The van der Waals surface area contributed by atoms with Gasteiger partial charge in [-0.05, 0) is 32.6 Å². The average Bonchev–Trinajstić information content (AvgIpc) is 2.38. The van der Waals surface area contributed by atoms with Crippen molar-refractivity contribution in [2.45, 2.75) is 63.2 Å². The van der Waals surface area contributed by atoms with E-state index in [1.54, 1.807) is 0 Å². The van der Waals surface area contributed by atoms with Crippen molar-refractivity contribution < 1.29 is 14.2 Å². The summed E-state index contributed by atoms with van der Waals surface area (Å²) in [7, 11) is 0. The Balaban J connectivity index is 1.83. The highest BCUT2D eigenvalue weighted by molar-refractivity contribution is 4.90. The highest BCUT2D eigenvalue weighted by Gasteiger charge is 2.39. The smallest absolute Gasteiger partial charge is 0.0751 e. The molecule has 2 unspecified atom stereocenters. The van der Waals surface area contributed by atoms with E-state index in [1.807, 2.05) is 0 Å². The van der Waals surface area contributed by atoms with Gasteiger partial charge < -0.3 is 19.9 Å².